The van der Waals surface area contributed by atoms with Gasteiger partial charge in [0.15, 0.2) is 0 Å². The van der Waals surface area contributed by atoms with Gasteiger partial charge in [-0.25, -0.2) is 27.3 Å². The third kappa shape index (κ3) is 3.59. The van der Waals surface area contributed by atoms with E-state index >= 15 is 0 Å². The highest BCUT2D eigenvalue weighted by Gasteiger charge is 2.23. The standard InChI is InChI=1S/C22H22N6O3S/c1-24-20-19(32(30,31)27(2)3)12-15(13-25-20)14-9-10-18-17(11-14)21(29)28(22(23)26-18)16-7-5-4-6-8-16/h4-13H,1-3H3,(H2,23,26)(H,24,25). The van der Waals surface area contributed by atoms with E-state index in [2.05, 4.69) is 15.3 Å². The van der Waals surface area contributed by atoms with Gasteiger partial charge in [0.2, 0.25) is 16.0 Å². The van der Waals surface area contributed by atoms with Gasteiger partial charge >= 0.3 is 0 Å². The molecule has 0 fully saturated rings. The number of nitrogens with zero attached hydrogens (tertiary/aromatic N) is 4. The van der Waals surface area contributed by atoms with E-state index in [9.17, 15) is 13.2 Å². The molecule has 0 unspecified atom stereocenters. The summed E-state index contributed by atoms with van der Waals surface area (Å²) >= 11 is 0. The Labute approximate surface area is 185 Å². The Hall–Kier alpha value is -3.76. The van der Waals surface area contributed by atoms with Gasteiger partial charge in [-0.3, -0.25) is 4.79 Å². The van der Waals surface area contributed by atoms with Gasteiger partial charge in [0.25, 0.3) is 5.56 Å². The molecule has 164 valence electrons. The summed E-state index contributed by atoms with van der Waals surface area (Å²) in [7, 11) is 0.786. The number of sulfonamides is 1. The maximum atomic E-state index is 13.3. The van der Waals surface area contributed by atoms with Crippen molar-refractivity contribution in [2.24, 2.45) is 0 Å². The number of rotatable bonds is 5. The number of anilines is 2. The van der Waals surface area contributed by atoms with E-state index < -0.39 is 10.0 Å². The van der Waals surface area contributed by atoms with E-state index in [1.807, 2.05) is 18.2 Å². The minimum Gasteiger partial charge on any atom is -0.372 e. The predicted octanol–water partition coefficient (Wildman–Crippen LogP) is 2.32. The van der Waals surface area contributed by atoms with Crippen molar-refractivity contribution in [2.75, 3.05) is 32.2 Å². The molecule has 3 N–H and O–H groups in total. The van der Waals surface area contributed by atoms with Crippen LogP contribution in [0.4, 0.5) is 11.8 Å². The molecule has 4 aromatic rings. The molecule has 0 saturated heterocycles. The highest BCUT2D eigenvalue weighted by atomic mass is 32.2. The Bertz CT molecular complexity index is 1480. The summed E-state index contributed by atoms with van der Waals surface area (Å²) in [5, 5.41) is 3.17. The van der Waals surface area contributed by atoms with Gasteiger partial charge in [-0.05, 0) is 35.9 Å². The maximum Gasteiger partial charge on any atom is 0.267 e. The summed E-state index contributed by atoms with van der Waals surface area (Å²) in [6, 6.07) is 15.7. The van der Waals surface area contributed by atoms with Crippen LogP contribution in [0, 0.1) is 0 Å². The Kier molecular flexibility index (Phi) is 5.41. The van der Waals surface area contributed by atoms with Crippen LogP contribution in [0.25, 0.3) is 27.7 Å². The molecule has 0 aliphatic heterocycles. The first kappa shape index (κ1) is 21.5. The average Bonchev–Trinajstić information content (AvgIpc) is 2.79. The molecule has 10 heteroatoms. The van der Waals surface area contributed by atoms with E-state index in [1.165, 1.54) is 24.7 Å². The van der Waals surface area contributed by atoms with Crippen molar-refractivity contribution >= 4 is 32.7 Å². The maximum absolute atomic E-state index is 13.3. The van der Waals surface area contributed by atoms with Crippen LogP contribution in [-0.4, -0.2) is 48.4 Å². The van der Waals surface area contributed by atoms with Crippen LogP contribution in [0.5, 0.6) is 0 Å². The zero-order chi connectivity index (χ0) is 23.0. The second-order valence-electron chi connectivity index (χ2n) is 7.29. The molecule has 4 rings (SSSR count). The summed E-state index contributed by atoms with van der Waals surface area (Å²) < 4.78 is 28.0. The van der Waals surface area contributed by atoms with Gasteiger partial charge in [-0.2, -0.15) is 0 Å². The third-order valence-corrected chi connectivity index (χ3v) is 6.92. The lowest BCUT2D eigenvalue weighted by molar-refractivity contribution is 0.521. The first-order chi connectivity index (χ1) is 15.2. The van der Waals surface area contributed by atoms with Gasteiger partial charge in [0.05, 0.1) is 16.6 Å². The molecule has 32 heavy (non-hydrogen) atoms. The molecule has 0 aliphatic rings. The number of nitrogens with one attached hydrogen (secondary N) is 1. The number of hydrogen-bond acceptors (Lipinski definition) is 7. The minimum atomic E-state index is -3.74. The highest BCUT2D eigenvalue weighted by Crippen LogP contribution is 2.29. The van der Waals surface area contributed by atoms with Crippen molar-refractivity contribution in [1.29, 1.82) is 0 Å². The molecular weight excluding hydrogens is 428 g/mol. The normalized spacial score (nSPS) is 11.8. The van der Waals surface area contributed by atoms with E-state index in [0.29, 0.717) is 27.7 Å². The van der Waals surface area contributed by atoms with Crippen molar-refractivity contribution in [2.45, 2.75) is 4.90 Å². The van der Waals surface area contributed by atoms with Gasteiger partial charge in [0.1, 0.15) is 10.7 Å². The lowest BCUT2D eigenvalue weighted by atomic mass is 10.1. The second kappa shape index (κ2) is 8.06. The summed E-state index contributed by atoms with van der Waals surface area (Å²) in [5.41, 5.74) is 7.98. The fourth-order valence-corrected chi connectivity index (χ4v) is 4.46. The highest BCUT2D eigenvalue weighted by molar-refractivity contribution is 7.89. The Morgan fingerprint density at radius 3 is 2.41 bits per heavy atom. The van der Waals surface area contributed by atoms with Crippen molar-refractivity contribution < 1.29 is 8.42 Å². The first-order valence-corrected chi connectivity index (χ1v) is 11.2. The topological polar surface area (TPSA) is 123 Å². The number of fused-ring (bicyclic) bond motifs is 1. The molecule has 2 heterocycles. The van der Waals surface area contributed by atoms with E-state index in [-0.39, 0.29) is 22.2 Å². The number of benzene rings is 2. The fraction of sp³-hybridized carbons (Fsp3) is 0.136. The van der Waals surface area contributed by atoms with Crippen LogP contribution >= 0.6 is 0 Å². The molecule has 0 bridgehead atoms. The number of para-hydroxylation sites is 1. The molecule has 0 spiro atoms. The molecular formula is C22H22N6O3S. The largest absolute Gasteiger partial charge is 0.372 e. The quantitative estimate of drug-likeness (QED) is 0.478. The molecule has 0 radical (unpaired) electrons. The van der Waals surface area contributed by atoms with Crippen molar-refractivity contribution in [3.8, 4) is 16.8 Å². The number of aromatic nitrogens is 3. The van der Waals surface area contributed by atoms with Gasteiger partial charge in [-0.15, -0.1) is 0 Å². The molecule has 0 atom stereocenters. The Morgan fingerprint density at radius 2 is 1.75 bits per heavy atom. The van der Waals surface area contributed by atoms with Crippen LogP contribution in [0.15, 0.2) is 70.5 Å². The first-order valence-electron chi connectivity index (χ1n) is 9.72. The average molecular weight is 451 g/mol. The van der Waals surface area contributed by atoms with Crippen LogP contribution in [0.3, 0.4) is 0 Å². The third-order valence-electron chi connectivity index (χ3n) is 5.09. The number of hydrogen-bond donors (Lipinski definition) is 2. The number of nitrogen functional groups attached to an aromatic ring is 1. The Morgan fingerprint density at radius 1 is 1.03 bits per heavy atom. The van der Waals surface area contributed by atoms with Crippen LogP contribution in [0.1, 0.15) is 0 Å². The van der Waals surface area contributed by atoms with Crippen molar-refractivity contribution in [3.63, 3.8) is 0 Å². The van der Waals surface area contributed by atoms with Crippen molar-refractivity contribution in [1.82, 2.24) is 18.8 Å². The SMILES string of the molecule is CNc1ncc(-c2ccc3nc(N)n(-c4ccccc4)c(=O)c3c2)cc1S(=O)(=O)N(C)C. The number of pyridine rings is 1. The second-order valence-corrected chi connectivity index (χ2v) is 9.41. The van der Waals surface area contributed by atoms with Crippen LogP contribution in [0.2, 0.25) is 0 Å². The smallest absolute Gasteiger partial charge is 0.267 e. The van der Waals surface area contributed by atoms with Crippen LogP contribution in [-0.2, 0) is 10.0 Å². The van der Waals surface area contributed by atoms with E-state index in [4.69, 9.17) is 5.73 Å². The zero-order valence-corrected chi connectivity index (χ0v) is 18.6. The summed E-state index contributed by atoms with van der Waals surface area (Å²) in [6.45, 7) is 0. The fourth-order valence-electron chi connectivity index (χ4n) is 3.39. The number of nitrogens with two attached hydrogens (primary N) is 1. The van der Waals surface area contributed by atoms with Crippen molar-refractivity contribution in [3.05, 3.63) is 71.1 Å². The lowest BCUT2D eigenvalue weighted by Gasteiger charge is -2.16. The predicted molar refractivity (Wildman–Crippen MR) is 125 cm³/mol. The minimum absolute atomic E-state index is 0.0414. The molecule has 0 saturated carbocycles. The lowest BCUT2D eigenvalue weighted by Crippen LogP contribution is -2.23. The van der Waals surface area contributed by atoms with Crippen LogP contribution < -0.4 is 16.6 Å². The molecule has 2 aromatic carbocycles. The van der Waals surface area contributed by atoms with E-state index in [1.54, 1.807) is 43.6 Å². The van der Waals surface area contributed by atoms with Gasteiger partial charge in [0, 0.05) is 32.9 Å². The van der Waals surface area contributed by atoms with Gasteiger partial charge in [-0.1, -0.05) is 24.3 Å². The van der Waals surface area contributed by atoms with Gasteiger partial charge < -0.3 is 11.1 Å². The summed E-state index contributed by atoms with van der Waals surface area (Å²) in [5.74, 6) is 0.324. The molecule has 2 aromatic heterocycles. The molecule has 0 aliphatic carbocycles. The van der Waals surface area contributed by atoms with E-state index in [0.717, 1.165) is 4.31 Å². The molecule has 0 amide bonds. The monoisotopic (exact) mass is 450 g/mol. The zero-order valence-electron chi connectivity index (χ0n) is 17.8. The summed E-state index contributed by atoms with van der Waals surface area (Å²) in [6.07, 6.45) is 1.56. The Balaban J connectivity index is 1.93. The summed E-state index contributed by atoms with van der Waals surface area (Å²) in [4.78, 5) is 21.9. The molecule has 9 nitrogen and oxygen atoms in total.